The van der Waals surface area contributed by atoms with E-state index >= 15 is 0 Å². The molecule has 1 aromatic carbocycles. The summed E-state index contributed by atoms with van der Waals surface area (Å²) in [5.41, 5.74) is 6.28. The third kappa shape index (κ3) is 3.86. The lowest BCUT2D eigenvalue weighted by atomic mass is 10.1. The highest BCUT2D eigenvalue weighted by molar-refractivity contribution is 5.77. The number of rotatable bonds is 6. The largest absolute Gasteiger partial charge is 0.335 e. The first kappa shape index (κ1) is 19.1. The molecule has 0 bridgehead atoms. The summed E-state index contributed by atoms with van der Waals surface area (Å²) < 4.78 is 1.71. The molecule has 0 radical (unpaired) electrons. The number of nitriles is 1. The first-order chi connectivity index (χ1) is 14.0. The average Bonchev–Trinajstić information content (AvgIpc) is 3.45. The van der Waals surface area contributed by atoms with Crippen molar-refractivity contribution in [2.75, 3.05) is 0 Å². The molecule has 6 nitrogen and oxygen atoms in total. The number of nitrogens with zero attached hydrogens (tertiary/aromatic N) is 5. The highest BCUT2D eigenvalue weighted by Crippen LogP contribution is 2.29. The van der Waals surface area contributed by atoms with Crippen LogP contribution in [-0.4, -0.2) is 31.4 Å². The molecule has 0 aliphatic heterocycles. The normalized spacial score (nSPS) is 13.4. The molecule has 0 spiro atoms. The van der Waals surface area contributed by atoms with Crippen LogP contribution in [0.3, 0.4) is 0 Å². The second-order valence-electron chi connectivity index (χ2n) is 7.91. The van der Waals surface area contributed by atoms with Crippen molar-refractivity contribution in [2.45, 2.75) is 59.0 Å². The number of fused-ring (bicyclic) bond motifs is 1. The molecule has 3 aromatic rings. The van der Waals surface area contributed by atoms with Crippen LogP contribution >= 0.6 is 0 Å². The van der Waals surface area contributed by atoms with Crippen LogP contribution in [0.25, 0.3) is 5.65 Å². The minimum Gasteiger partial charge on any atom is -0.335 e. The summed E-state index contributed by atoms with van der Waals surface area (Å²) in [6.07, 6.45) is 4.79. The van der Waals surface area contributed by atoms with Crippen molar-refractivity contribution in [1.82, 2.24) is 19.5 Å². The van der Waals surface area contributed by atoms with Crippen LogP contribution in [0.5, 0.6) is 0 Å². The molecule has 1 aliphatic rings. The molecule has 148 valence electrons. The Morgan fingerprint density at radius 1 is 1.31 bits per heavy atom. The van der Waals surface area contributed by atoms with Gasteiger partial charge in [0.1, 0.15) is 11.6 Å². The fourth-order valence-corrected chi connectivity index (χ4v) is 3.94. The predicted octanol–water partition coefficient (Wildman–Crippen LogP) is 3.65. The van der Waals surface area contributed by atoms with Gasteiger partial charge < -0.3 is 4.90 Å². The van der Waals surface area contributed by atoms with E-state index in [9.17, 15) is 10.1 Å². The smallest absolute Gasteiger partial charge is 0.223 e. The number of hydrogen-bond donors (Lipinski definition) is 0. The summed E-state index contributed by atoms with van der Waals surface area (Å²) in [5, 5.41) is 13.5. The Morgan fingerprint density at radius 2 is 2.10 bits per heavy atom. The Morgan fingerprint density at radius 3 is 2.79 bits per heavy atom. The van der Waals surface area contributed by atoms with Crippen molar-refractivity contribution in [3.8, 4) is 6.07 Å². The third-order valence-corrected chi connectivity index (χ3v) is 5.66. The van der Waals surface area contributed by atoms with Crippen molar-refractivity contribution >= 4 is 11.6 Å². The second kappa shape index (κ2) is 7.67. The predicted molar refractivity (Wildman–Crippen MR) is 110 cm³/mol. The molecule has 2 aromatic heterocycles. The fraction of sp³-hybridized carbons (Fsp3) is 0.391. The molecule has 0 saturated heterocycles. The summed E-state index contributed by atoms with van der Waals surface area (Å²) in [6.45, 7) is 6.66. The van der Waals surface area contributed by atoms with Crippen LogP contribution in [0.15, 0.2) is 30.5 Å². The van der Waals surface area contributed by atoms with Crippen molar-refractivity contribution < 1.29 is 4.79 Å². The lowest BCUT2D eigenvalue weighted by Crippen LogP contribution is -2.32. The highest BCUT2D eigenvalue weighted by Gasteiger charge is 2.32. The van der Waals surface area contributed by atoms with E-state index in [1.807, 2.05) is 24.8 Å². The number of carbonyl (C=O) groups excluding carboxylic acids is 1. The second-order valence-corrected chi connectivity index (χ2v) is 7.91. The summed E-state index contributed by atoms with van der Waals surface area (Å²) in [5.74, 6) is 0.186. The monoisotopic (exact) mass is 387 g/mol. The Kier molecular flexibility index (Phi) is 5.06. The van der Waals surface area contributed by atoms with Gasteiger partial charge in [0, 0.05) is 30.4 Å². The van der Waals surface area contributed by atoms with E-state index in [4.69, 9.17) is 0 Å². The van der Waals surface area contributed by atoms with E-state index in [2.05, 4.69) is 41.3 Å². The van der Waals surface area contributed by atoms with Gasteiger partial charge in [-0.3, -0.25) is 4.79 Å². The van der Waals surface area contributed by atoms with E-state index in [0.717, 1.165) is 29.8 Å². The summed E-state index contributed by atoms with van der Waals surface area (Å²) in [4.78, 5) is 19.7. The first-order valence-electron chi connectivity index (χ1n) is 10.1. The van der Waals surface area contributed by atoms with Crippen molar-refractivity contribution in [3.05, 3.63) is 64.1 Å². The van der Waals surface area contributed by atoms with Gasteiger partial charge in [0.05, 0.1) is 6.20 Å². The molecule has 1 aliphatic carbocycles. The lowest BCUT2D eigenvalue weighted by Gasteiger charge is -2.23. The Balaban J connectivity index is 1.51. The van der Waals surface area contributed by atoms with Crippen LogP contribution in [0.1, 0.15) is 52.9 Å². The number of benzene rings is 1. The fourth-order valence-electron chi connectivity index (χ4n) is 3.94. The quantitative estimate of drug-likeness (QED) is 0.647. The van der Waals surface area contributed by atoms with E-state index in [1.54, 1.807) is 10.7 Å². The standard InChI is InChI=1S/C23H25N5O/c1-15-5-4-6-18(11-15)14-27(20-7-8-20)22(29)10-9-21-16(2)26-23-19(12-24)13-25-28(23)17(21)3/h4-6,11,13,20H,7-10,14H2,1-3H3. The molecule has 1 amide bonds. The van der Waals surface area contributed by atoms with Crippen LogP contribution in [-0.2, 0) is 17.8 Å². The number of carbonyl (C=O) groups is 1. The maximum atomic E-state index is 13.1. The Labute approximate surface area is 170 Å². The number of amides is 1. The van der Waals surface area contributed by atoms with Crippen LogP contribution in [0, 0.1) is 32.1 Å². The number of aryl methyl sites for hydroxylation is 3. The molecular weight excluding hydrogens is 362 g/mol. The van der Waals surface area contributed by atoms with E-state index < -0.39 is 0 Å². The molecular formula is C23H25N5O. The van der Waals surface area contributed by atoms with Gasteiger partial charge in [0.2, 0.25) is 5.91 Å². The number of hydrogen-bond acceptors (Lipinski definition) is 4. The summed E-state index contributed by atoms with van der Waals surface area (Å²) in [7, 11) is 0. The zero-order valence-corrected chi connectivity index (χ0v) is 17.1. The molecule has 1 fully saturated rings. The average molecular weight is 387 g/mol. The molecule has 6 heteroatoms. The molecule has 0 N–H and O–H groups in total. The van der Waals surface area contributed by atoms with E-state index in [1.165, 1.54) is 11.1 Å². The minimum atomic E-state index is 0.186. The van der Waals surface area contributed by atoms with Gasteiger partial charge in [-0.25, -0.2) is 9.50 Å². The van der Waals surface area contributed by atoms with Gasteiger partial charge >= 0.3 is 0 Å². The third-order valence-electron chi connectivity index (χ3n) is 5.66. The van der Waals surface area contributed by atoms with Crippen LogP contribution in [0.2, 0.25) is 0 Å². The maximum Gasteiger partial charge on any atom is 0.223 e. The molecule has 29 heavy (non-hydrogen) atoms. The maximum absolute atomic E-state index is 13.1. The SMILES string of the molecule is Cc1cccc(CN(C(=O)CCc2c(C)nc3c(C#N)cnn3c2C)C2CC2)c1. The van der Waals surface area contributed by atoms with Gasteiger partial charge in [-0.1, -0.05) is 29.8 Å². The van der Waals surface area contributed by atoms with Gasteiger partial charge in [0.25, 0.3) is 0 Å². The molecule has 4 rings (SSSR count). The van der Waals surface area contributed by atoms with E-state index in [-0.39, 0.29) is 5.91 Å². The van der Waals surface area contributed by atoms with Gasteiger partial charge in [-0.05, 0) is 51.2 Å². The lowest BCUT2D eigenvalue weighted by molar-refractivity contribution is -0.132. The van der Waals surface area contributed by atoms with Gasteiger partial charge in [-0.2, -0.15) is 10.4 Å². The van der Waals surface area contributed by atoms with Gasteiger partial charge in [0.15, 0.2) is 5.65 Å². The zero-order chi connectivity index (χ0) is 20.5. The topological polar surface area (TPSA) is 74.3 Å². The van der Waals surface area contributed by atoms with Crippen molar-refractivity contribution in [2.24, 2.45) is 0 Å². The minimum absolute atomic E-state index is 0.186. The van der Waals surface area contributed by atoms with Crippen molar-refractivity contribution in [1.29, 1.82) is 5.26 Å². The molecule has 0 atom stereocenters. The Bertz CT molecular complexity index is 1120. The van der Waals surface area contributed by atoms with Crippen LogP contribution in [0.4, 0.5) is 0 Å². The first-order valence-corrected chi connectivity index (χ1v) is 10.1. The molecule has 0 unspecified atom stereocenters. The van der Waals surface area contributed by atoms with Crippen molar-refractivity contribution in [3.63, 3.8) is 0 Å². The summed E-state index contributed by atoms with van der Waals surface area (Å²) >= 11 is 0. The Hall–Kier alpha value is -3.20. The van der Waals surface area contributed by atoms with E-state index in [0.29, 0.717) is 36.6 Å². The van der Waals surface area contributed by atoms with Gasteiger partial charge in [-0.15, -0.1) is 0 Å². The zero-order valence-electron chi connectivity index (χ0n) is 17.1. The summed E-state index contributed by atoms with van der Waals surface area (Å²) in [6, 6.07) is 10.9. The van der Waals surface area contributed by atoms with Crippen LogP contribution < -0.4 is 0 Å². The highest BCUT2D eigenvalue weighted by atomic mass is 16.2. The molecule has 1 saturated carbocycles. The molecule has 2 heterocycles. The number of aromatic nitrogens is 3.